The molecule has 0 atom stereocenters. The molecule has 1 fully saturated rings. The van der Waals surface area contributed by atoms with E-state index in [9.17, 15) is 4.79 Å². The number of carbonyl (C=O) groups is 1. The largest absolute Gasteiger partial charge is 0.497 e. The summed E-state index contributed by atoms with van der Waals surface area (Å²) in [5.74, 6) is 2.28. The van der Waals surface area contributed by atoms with Crippen molar-refractivity contribution in [3.63, 3.8) is 0 Å². The number of Topliss-reactive ketones (excluding diaryl/α,β-unsaturated/α-hetero) is 1. The zero-order valence-corrected chi connectivity index (χ0v) is 20.9. The van der Waals surface area contributed by atoms with Crippen LogP contribution in [0.1, 0.15) is 46.0 Å². The number of fused-ring (bicyclic) bond motifs is 1. The summed E-state index contributed by atoms with van der Waals surface area (Å²) in [6, 6.07) is 16.4. The second-order valence-corrected chi connectivity index (χ2v) is 9.81. The molecule has 1 saturated heterocycles. The fraction of sp³-hybridized carbons (Fsp3) is 0.483. The number of methoxy groups -OCH3 is 1. The fourth-order valence-electron chi connectivity index (χ4n) is 4.89. The van der Waals surface area contributed by atoms with Crippen LogP contribution in [0.15, 0.2) is 48.5 Å². The summed E-state index contributed by atoms with van der Waals surface area (Å²) in [6.07, 6.45) is 5.63. The van der Waals surface area contributed by atoms with E-state index in [0.717, 1.165) is 53.2 Å². The minimum Gasteiger partial charge on any atom is -0.497 e. The van der Waals surface area contributed by atoms with E-state index in [1.165, 1.54) is 32.4 Å². The Kier molecular flexibility index (Phi) is 8.28. The molecule has 1 aliphatic rings. The standard InChI is InChI=1S/C29H38N2O3/c1-22(2)17-25(32)21-31-28-12-11-27(34-16-8-15-30-13-5-4-6-14-30)19-24(28)20-29(31)23-9-7-10-26(18-23)33-3/h7,9-12,18-20,22H,4-6,8,13-17,21H2,1-3H3. The molecule has 2 aromatic carbocycles. The summed E-state index contributed by atoms with van der Waals surface area (Å²) in [5, 5.41) is 1.09. The average molecular weight is 463 g/mol. The highest BCUT2D eigenvalue weighted by molar-refractivity contribution is 5.90. The van der Waals surface area contributed by atoms with Gasteiger partial charge in [0.1, 0.15) is 11.5 Å². The lowest BCUT2D eigenvalue weighted by atomic mass is 10.1. The molecule has 4 rings (SSSR count). The Morgan fingerprint density at radius 2 is 1.82 bits per heavy atom. The summed E-state index contributed by atoms with van der Waals surface area (Å²) in [4.78, 5) is 15.3. The molecule has 1 aliphatic heterocycles. The Hall–Kier alpha value is -2.79. The molecule has 0 bridgehead atoms. The van der Waals surface area contributed by atoms with Crippen molar-refractivity contribution in [1.29, 1.82) is 0 Å². The fourth-order valence-corrected chi connectivity index (χ4v) is 4.89. The number of hydrogen-bond acceptors (Lipinski definition) is 4. The SMILES string of the molecule is COc1cccc(-c2cc3cc(OCCCN4CCCCC4)ccc3n2CC(=O)CC(C)C)c1. The molecular weight excluding hydrogens is 424 g/mol. The molecular formula is C29H38N2O3. The predicted octanol–water partition coefficient (Wildman–Crippen LogP) is 6.19. The highest BCUT2D eigenvalue weighted by Crippen LogP contribution is 2.32. The third-order valence-electron chi connectivity index (χ3n) is 6.54. The number of benzene rings is 2. The zero-order chi connectivity index (χ0) is 23.9. The Morgan fingerprint density at radius 1 is 1.00 bits per heavy atom. The Labute approximate surface area is 203 Å². The molecule has 0 unspecified atom stereocenters. The van der Waals surface area contributed by atoms with Crippen LogP contribution in [0.4, 0.5) is 0 Å². The molecule has 2 heterocycles. The van der Waals surface area contributed by atoms with Crippen LogP contribution in [0, 0.1) is 5.92 Å². The molecule has 0 aliphatic carbocycles. The van der Waals surface area contributed by atoms with E-state index in [-0.39, 0.29) is 5.78 Å². The number of ketones is 1. The van der Waals surface area contributed by atoms with Gasteiger partial charge < -0.3 is 18.9 Å². The first-order chi connectivity index (χ1) is 16.5. The van der Waals surface area contributed by atoms with Gasteiger partial charge in [-0.15, -0.1) is 0 Å². The number of carbonyl (C=O) groups excluding carboxylic acids is 1. The molecule has 1 aromatic heterocycles. The van der Waals surface area contributed by atoms with Crippen molar-refractivity contribution >= 4 is 16.7 Å². The summed E-state index contributed by atoms with van der Waals surface area (Å²) < 4.78 is 13.7. The van der Waals surface area contributed by atoms with Gasteiger partial charge in [0.15, 0.2) is 5.78 Å². The van der Waals surface area contributed by atoms with Crippen molar-refractivity contribution in [3.05, 3.63) is 48.5 Å². The summed E-state index contributed by atoms with van der Waals surface area (Å²) in [6.45, 7) is 8.82. The van der Waals surface area contributed by atoms with Crippen LogP contribution >= 0.6 is 0 Å². The molecule has 0 saturated carbocycles. The highest BCUT2D eigenvalue weighted by atomic mass is 16.5. The van der Waals surface area contributed by atoms with Crippen LogP contribution in [0.3, 0.4) is 0 Å². The van der Waals surface area contributed by atoms with Gasteiger partial charge in [-0.25, -0.2) is 0 Å². The molecule has 3 aromatic rings. The molecule has 5 heteroatoms. The van der Waals surface area contributed by atoms with Crippen molar-refractivity contribution in [2.75, 3.05) is 33.4 Å². The first kappa shape index (κ1) is 24.3. The van der Waals surface area contributed by atoms with E-state index in [4.69, 9.17) is 9.47 Å². The third kappa shape index (κ3) is 6.20. The molecule has 0 N–H and O–H groups in total. The zero-order valence-electron chi connectivity index (χ0n) is 20.9. The second kappa shape index (κ2) is 11.6. The number of nitrogens with zero attached hydrogens (tertiary/aromatic N) is 2. The summed E-state index contributed by atoms with van der Waals surface area (Å²) in [7, 11) is 1.68. The number of aromatic nitrogens is 1. The predicted molar refractivity (Wildman–Crippen MR) is 139 cm³/mol. The molecule has 182 valence electrons. The van der Waals surface area contributed by atoms with Gasteiger partial charge in [0.05, 0.1) is 20.3 Å². The van der Waals surface area contributed by atoms with Crippen LogP contribution in [0.25, 0.3) is 22.2 Å². The first-order valence-electron chi connectivity index (χ1n) is 12.7. The molecule has 0 radical (unpaired) electrons. The van der Waals surface area contributed by atoms with Gasteiger partial charge in [-0.05, 0) is 74.7 Å². The van der Waals surface area contributed by atoms with E-state index in [2.05, 4.69) is 47.6 Å². The van der Waals surface area contributed by atoms with Crippen LogP contribution < -0.4 is 9.47 Å². The maximum Gasteiger partial charge on any atom is 0.152 e. The second-order valence-electron chi connectivity index (χ2n) is 9.81. The minimum atomic E-state index is 0.245. The maximum atomic E-state index is 12.8. The van der Waals surface area contributed by atoms with Crippen LogP contribution in [-0.4, -0.2) is 48.6 Å². The Balaban J connectivity index is 1.54. The lowest BCUT2D eigenvalue weighted by Gasteiger charge is -2.26. The quantitative estimate of drug-likeness (QED) is 0.319. The van der Waals surface area contributed by atoms with E-state index in [1.807, 2.05) is 24.3 Å². The van der Waals surface area contributed by atoms with Gasteiger partial charge in [0, 0.05) is 35.1 Å². The van der Waals surface area contributed by atoms with Crippen molar-refractivity contribution in [2.24, 2.45) is 5.92 Å². The molecule has 0 amide bonds. The summed E-state index contributed by atoms with van der Waals surface area (Å²) >= 11 is 0. The smallest absolute Gasteiger partial charge is 0.152 e. The topological polar surface area (TPSA) is 43.7 Å². The monoisotopic (exact) mass is 462 g/mol. The Bertz CT molecular complexity index is 1100. The van der Waals surface area contributed by atoms with E-state index in [0.29, 0.717) is 18.9 Å². The number of piperidine rings is 1. The molecule has 0 spiro atoms. The summed E-state index contributed by atoms with van der Waals surface area (Å²) in [5.41, 5.74) is 3.11. The number of likely N-dealkylation sites (tertiary alicyclic amines) is 1. The van der Waals surface area contributed by atoms with E-state index < -0.39 is 0 Å². The molecule has 5 nitrogen and oxygen atoms in total. The number of hydrogen-bond donors (Lipinski definition) is 0. The van der Waals surface area contributed by atoms with Gasteiger partial charge in [0.25, 0.3) is 0 Å². The van der Waals surface area contributed by atoms with Crippen molar-refractivity contribution in [3.8, 4) is 22.8 Å². The van der Waals surface area contributed by atoms with E-state index in [1.54, 1.807) is 7.11 Å². The van der Waals surface area contributed by atoms with Gasteiger partial charge in [-0.2, -0.15) is 0 Å². The van der Waals surface area contributed by atoms with Crippen LogP contribution in [0.5, 0.6) is 11.5 Å². The van der Waals surface area contributed by atoms with Gasteiger partial charge in [0.2, 0.25) is 0 Å². The lowest BCUT2D eigenvalue weighted by Crippen LogP contribution is -2.31. The van der Waals surface area contributed by atoms with Crippen LogP contribution in [0.2, 0.25) is 0 Å². The van der Waals surface area contributed by atoms with Gasteiger partial charge in [-0.3, -0.25) is 4.79 Å². The van der Waals surface area contributed by atoms with Crippen LogP contribution in [-0.2, 0) is 11.3 Å². The first-order valence-corrected chi connectivity index (χ1v) is 12.7. The maximum absolute atomic E-state index is 12.8. The number of ether oxygens (including phenoxy) is 2. The van der Waals surface area contributed by atoms with Gasteiger partial charge >= 0.3 is 0 Å². The number of rotatable bonds is 11. The van der Waals surface area contributed by atoms with E-state index >= 15 is 0 Å². The normalized spacial score (nSPS) is 14.6. The van der Waals surface area contributed by atoms with Crippen molar-refractivity contribution in [2.45, 2.75) is 52.5 Å². The minimum absolute atomic E-state index is 0.245. The average Bonchev–Trinajstić information content (AvgIpc) is 3.19. The molecule has 34 heavy (non-hydrogen) atoms. The van der Waals surface area contributed by atoms with Crippen molar-refractivity contribution < 1.29 is 14.3 Å². The Morgan fingerprint density at radius 3 is 2.59 bits per heavy atom. The van der Waals surface area contributed by atoms with Gasteiger partial charge in [-0.1, -0.05) is 32.4 Å². The lowest BCUT2D eigenvalue weighted by molar-refractivity contribution is -0.120. The third-order valence-corrected chi connectivity index (χ3v) is 6.54. The van der Waals surface area contributed by atoms with Crippen molar-refractivity contribution in [1.82, 2.24) is 9.47 Å². The highest BCUT2D eigenvalue weighted by Gasteiger charge is 2.16.